The second-order valence-electron chi connectivity index (χ2n) is 2.99. The third kappa shape index (κ3) is 3.28. The van der Waals surface area contributed by atoms with Crippen LogP contribution in [0.2, 0.25) is 5.02 Å². The van der Waals surface area contributed by atoms with Gasteiger partial charge in [-0.2, -0.15) is 5.26 Å². The lowest BCUT2D eigenvalue weighted by atomic mass is 10.1. The quantitative estimate of drug-likeness (QED) is 0.781. The number of rotatable bonds is 2. The van der Waals surface area contributed by atoms with Crippen molar-refractivity contribution in [1.82, 2.24) is 0 Å². The highest BCUT2D eigenvalue weighted by Gasteiger charge is 2.33. The van der Waals surface area contributed by atoms with Gasteiger partial charge < -0.3 is 9.47 Å². The number of methoxy groups -OCH3 is 1. The van der Waals surface area contributed by atoms with Crippen molar-refractivity contribution in [2.24, 2.45) is 0 Å². The SMILES string of the molecule is COC(=O)c1cc(Cl)c(OC(F)(F)F)c(C#N)c1. The molecule has 0 unspecified atom stereocenters. The zero-order chi connectivity index (χ0) is 13.9. The first-order valence-electron chi connectivity index (χ1n) is 4.36. The fraction of sp³-hybridized carbons (Fsp3) is 0.200. The summed E-state index contributed by atoms with van der Waals surface area (Å²) in [5, 5.41) is 8.20. The largest absolute Gasteiger partial charge is 0.573 e. The van der Waals surface area contributed by atoms with E-state index in [1.54, 1.807) is 0 Å². The van der Waals surface area contributed by atoms with Crippen LogP contribution in [0.4, 0.5) is 13.2 Å². The van der Waals surface area contributed by atoms with Gasteiger partial charge in [-0.25, -0.2) is 4.79 Å². The molecule has 0 aliphatic carbocycles. The Morgan fingerprint density at radius 2 is 2.06 bits per heavy atom. The molecule has 0 saturated carbocycles. The summed E-state index contributed by atoms with van der Waals surface area (Å²) in [7, 11) is 1.09. The first-order chi connectivity index (χ1) is 8.28. The minimum atomic E-state index is -4.98. The van der Waals surface area contributed by atoms with Crippen LogP contribution in [-0.2, 0) is 4.74 Å². The monoisotopic (exact) mass is 279 g/mol. The van der Waals surface area contributed by atoms with Crippen LogP contribution < -0.4 is 4.74 Å². The molecule has 8 heteroatoms. The average molecular weight is 280 g/mol. The Kier molecular flexibility index (Phi) is 4.03. The maximum Gasteiger partial charge on any atom is 0.573 e. The van der Waals surface area contributed by atoms with Gasteiger partial charge in [-0.05, 0) is 12.1 Å². The summed E-state index contributed by atoms with van der Waals surface area (Å²) >= 11 is 5.54. The molecule has 4 nitrogen and oxygen atoms in total. The third-order valence-corrected chi connectivity index (χ3v) is 2.08. The van der Waals surface area contributed by atoms with Crippen LogP contribution in [0.3, 0.4) is 0 Å². The van der Waals surface area contributed by atoms with Gasteiger partial charge in [0, 0.05) is 0 Å². The zero-order valence-corrected chi connectivity index (χ0v) is 9.59. The van der Waals surface area contributed by atoms with E-state index in [4.69, 9.17) is 16.9 Å². The molecule has 0 aromatic heterocycles. The molecular weight excluding hydrogens is 275 g/mol. The molecule has 0 fully saturated rings. The molecule has 1 aromatic rings. The molecular formula is C10H5ClF3NO3. The Balaban J connectivity index is 3.30. The van der Waals surface area contributed by atoms with Gasteiger partial charge in [0.2, 0.25) is 0 Å². The summed E-state index contributed by atoms with van der Waals surface area (Å²) in [5.41, 5.74) is -0.659. The second-order valence-corrected chi connectivity index (χ2v) is 3.39. The molecule has 0 radical (unpaired) electrons. The predicted octanol–water partition coefficient (Wildman–Crippen LogP) is 2.90. The molecule has 1 aromatic carbocycles. The fourth-order valence-corrected chi connectivity index (χ4v) is 1.39. The number of hydrogen-bond donors (Lipinski definition) is 0. The number of ether oxygens (including phenoxy) is 2. The van der Waals surface area contributed by atoms with Crippen molar-refractivity contribution in [3.8, 4) is 11.8 Å². The standard InChI is InChI=1S/C10H5ClF3NO3/c1-17-9(16)5-2-6(4-15)8(7(11)3-5)18-10(12,13)14/h2-3H,1H3. The smallest absolute Gasteiger partial charge is 0.465 e. The normalized spacial score (nSPS) is 10.7. The number of alkyl halides is 3. The first kappa shape index (κ1) is 14.1. The molecule has 0 spiro atoms. The van der Waals surface area contributed by atoms with Crippen molar-refractivity contribution in [3.05, 3.63) is 28.3 Å². The summed E-state index contributed by atoms with van der Waals surface area (Å²) in [5.74, 6) is -1.67. The highest BCUT2D eigenvalue weighted by atomic mass is 35.5. The summed E-state index contributed by atoms with van der Waals surface area (Å²) < 4.78 is 44.2. The summed E-state index contributed by atoms with van der Waals surface area (Å²) in [6.45, 7) is 0. The van der Waals surface area contributed by atoms with Crippen LogP contribution in [0.15, 0.2) is 12.1 Å². The van der Waals surface area contributed by atoms with Gasteiger partial charge in [0.1, 0.15) is 6.07 Å². The minimum Gasteiger partial charge on any atom is -0.465 e. The van der Waals surface area contributed by atoms with Crippen LogP contribution in [0.25, 0.3) is 0 Å². The number of carbonyl (C=O) groups is 1. The highest BCUT2D eigenvalue weighted by Crippen LogP contribution is 2.34. The Hall–Kier alpha value is -1.94. The van der Waals surface area contributed by atoms with E-state index >= 15 is 0 Å². The maximum absolute atomic E-state index is 12.1. The van der Waals surface area contributed by atoms with Crippen molar-refractivity contribution >= 4 is 17.6 Å². The van der Waals surface area contributed by atoms with Crippen molar-refractivity contribution in [1.29, 1.82) is 5.26 Å². The molecule has 0 aliphatic rings. The lowest BCUT2D eigenvalue weighted by Crippen LogP contribution is -2.18. The molecule has 18 heavy (non-hydrogen) atoms. The average Bonchev–Trinajstić information content (AvgIpc) is 2.28. The molecule has 0 saturated heterocycles. The van der Waals surface area contributed by atoms with Crippen molar-refractivity contribution in [2.75, 3.05) is 7.11 Å². The van der Waals surface area contributed by atoms with E-state index < -0.39 is 28.7 Å². The van der Waals surface area contributed by atoms with E-state index in [9.17, 15) is 18.0 Å². The Labute approximate surface area is 104 Å². The zero-order valence-electron chi connectivity index (χ0n) is 8.84. The van der Waals surface area contributed by atoms with Gasteiger partial charge in [-0.1, -0.05) is 11.6 Å². The summed E-state index contributed by atoms with van der Waals surface area (Å²) in [4.78, 5) is 11.2. The topological polar surface area (TPSA) is 59.3 Å². The van der Waals surface area contributed by atoms with Crippen LogP contribution in [0.5, 0.6) is 5.75 Å². The van der Waals surface area contributed by atoms with E-state index in [2.05, 4.69) is 9.47 Å². The number of nitrogens with zero attached hydrogens (tertiary/aromatic N) is 1. The second kappa shape index (κ2) is 5.14. The highest BCUT2D eigenvalue weighted by molar-refractivity contribution is 6.32. The Bertz CT molecular complexity index is 522. The fourth-order valence-electron chi connectivity index (χ4n) is 1.13. The number of esters is 1. The molecule has 0 atom stereocenters. The van der Waals surface area contributed by atoms with E-state index in [1.807, 2.05) is 0 Å². The number of benzene rings is 1. The van der Waals surface area contributed by atoms with E-state index in [-0.39, 0.29) is 5.56 Å². The van der Waals surface area contributed by atoms with Crippen molar-refractivity contribution in [3.63, 3.8) is 0 Å². The maximum atomic E-state index is 12.1. The molecule has 96 valence electrons. The van der Waals surface area contributed by atoms with E-state index in [0.717, 1.165) is 19.2 Å². The van der Waals surface area contributed by atoms with Gasteiger partial charge in [0.05, 0.1) is 23.3 Å². The van der Waals surface area contributed by atoms with Crippen LogP contribution in [0.1, 0.15) is 15.9 Å². The summed E-state index contributed by atoms with van der Waals surface area (Å²) in [6.07, 6.45) is -4.98. The third-order valence-electron chi connectivity index (χ3n) is 1.80. The lowest BCUT2D eigenvalue weighted by molar-refractivity contribution is -0.274. The van der Waals surface area contributed by atoms with E-state index in [0.29, 0.717) is 0 Å². The Morgan fingerprint density at radius 3 is 2.50 bits per heavy atom. The van der Waals surface area contributed by atoms with Gasteiger partial charge in [0.25, 0.3) is 0 Å². The van der Waals surface area contributed by atoms with E-state index in [1.165, 1.54) is 6.07 Å². The number of carbonyl (C=O) groups excluding carboxylic acids is 1. The first-order valence-corrected chi connectivity index (χ1v) is 4.74. The number of hydrogen-bond acceptors (Lipinski definition) is 4. The Morgan fingerprint density at radius 1 is 1.44 bits per heavy atom. The molecule has 0 amide bonds. The van der Waals surface area contributed by atoms with Gasteiger partial charge in [-0.3, -0.25) is 0 Å². The predicted molar refractivity (Wildman–Crippen MR) is 54.2 cm³/mol. The number of halogens is 4. The van der Waals surface area contributed by atoms with Crippen LogP contribution >= 0.6 is 11.6 Å². The summed E-state index contributed by atoms with van der Waals surface area (Å²) in [6, 6.07) is 3.29. The minimum absolute atomic E-state index is 0.145. The lowest BCUT2D eigenvalue weighted by Gasteiger charge is -2.12. The van der Waals surface area contributed by atoms with Gasteiger partial charge in [0.15, 0.2) is 5.75 Å². The van der Waals surface area contributed by atoms with Crippen LogP contribution in [-0.4, -0.2) is 19.4 Å². The number of nitriles is 1. The van der Waals surface area contributed by atoms with Gasteiger partial charge in [-0.15, -0.1) is 13.2 Å². The van der Waals surface area contributed by atoms with Crippen molar-refractivity contribution < 1.29 is 27.4 Å². The molecule has 0 N–H and O–H groups in total. The van der Waals surface area contributed by atoms with Crippen molar-refractivity contribution in [2.45, 2.75) is 6.36 Å². The molecule has 1 rings (SSSR count). The van der Waals surface area contributed by atoms with Gasteiger partial charge >= 0.3 is 12.3 Å². The molecule has 0 bridgehead atoms. The molecule has 0 aliphatic heterocycles. The molecule has 0 heterocycles. The van der Waals surface area contributed by atoms with Crippen LogP contribution in [0, 0.1) is 11.3 Å².